The number of benzene rings is 1. The fourth-order valence-corrected chi connectivity index (χ4v) is 2.84. The minimum absolute atomic E-state index is 1.15. The molecule has 0 saturated heterocycles. The lowest BCUT2D eigenvalue weighted by molar-refractivity contribution is 0.918. The summed E-state index contributed by atoms with van der Waals surface area (Å²) in [5, 5.41) is 1.38. The van der Waals surface area contributed by atoms with Crippen LogP contribution in [0.2, 0.25) is 0 Å². The van der Waals surface area contributed by atoms with E-state index in [1.54, 1.807) is 0 Å². The molecular weight excluding hydrogens is 206 g/mol. The molecule has 1 aromatic heterocycles. The molecule has 2 aromatic rings. The Hall–Kier alpha value is -1.76. The average molecular weight is 223 g/mol. The zero-order valence-electron chi connectivity index (χ0n) is 10.4. The van der Waals surface area contributed by atoms with Gasteiger partial charge < -0.3 is 4.57 Å². The number of nitrogens with zero attached hydrogens (tertiary/aromatic N) is 1. The minimum atomic E-state index is 1.15. The van der Waals surface area contributed by atoms with Gasteiger partial charge in [-0.3, -0.25) is 0 Å². The summed E-state index contributed by atoms with van der Waals surface area (Å²) in [5.74, 6) is 0. The maximum absolute atomic E-state index is 2.33. The van der Waals surface area contributed by atoms with Gasteiger partial charge in [-0.2, -0.15) is 0 Å². The second-order valence-corrected chi connectivity index (χ2v) is 4.71. The molecule has 1 aromatic carbocycles. The van der Waals surface area contributed by atoms with Crippen LogP contribution >= 0.6 is 0 Å². The van der Waals surface area contributed by atoms with E-state index < -0.39 is 0 Å². The molecule has 0 atom stereocenters. The number of hydrogen-bond donors (Lipinski definition) is 0. The van der Waals surface area contributed by atoms with Gasteiger partial charge in [0.2, 0.25) is 0 Å². The summed E-state index contributed by atoms with van der Waals surface area (Å²) in [6.07, 6.45) is 8.98. The first-order chi connectivity index (χ1) is 8.29. The number of aryl methyl sites for hydroxylation is 2. The van der Waals surface area contributed by atoms with Crippen molar-refractivity contribution in [3.63, 3.8) is 0 Å². The van der Waals surface area contributed by atoms with E-state index in [9.17, 15) is 0 Å². The van der Waals surface area contributed by atoms with Gasteiger partial charge in [0.05, 0.1) is 0 Å². The van der Waals surface area contributed by atoms with Crippen LogP contribution < -0.4 is 0 Å². The molecule has 3 rings (SSSR count). The highest BCUT2D eigenvalue weighted by molar-refractivity contribution is 5.90. The molecule has 86 valence electrons. The van der Waals surface area contributed by atoms with Gasteiger partial charge in [0.1, 0.15) is 0 Å². The van der Waals surface area contributed by atoms with Crippen molar-refractivity contribution in [3.8, 4) is 0 Å². The number of hydrogen-bond acceptors (Lipinski definition) is 0. The quantitative estimate of drug-likeness (QED) is 0.682. The van der Waals surface area contributed by atoms with Gasteiger partial charge in [-0.25, -0.2) is 0 Å². The molecule has 1 nitrogen and oxygen atoms in total. The Morgan fingerprint density at radius 1 is 1.18 bits per heavy atom. The molecule has 0 saturated carbocycles. The monoisotopic (exact) mass is 223 g/mol. The van der Waals surface area contributed by atoms with E-state index in [4.69, 9.17) is 0 Å². The molecule has 0 radical (unpaired) electrons. The number of fused-ring (bicyclic) bond motifs is 1. The molecule has 0 amide bonds. The summed E-state index contributed by atoms with van der Waals surface area (Å²) < 4.78 is 2.33. The Balaban J connectivity index is 2.29. The van der Waals surface area contributed by atoms with Crippen molar-refractivity contribution in [1.82, 2.24) is 4.57 Å². The van der Waals surface area contributed by atoms with Crippen LogP contribution in [0.1, 0.15) is 24.1 Å². The predicted octanol–water partition coefficient (Wildman–Crippen LogP) is 4.22. The fraction of sp³-hybridized carbons (Fsp3) is 0.250. The van der Waals surface area contributed by atoms with Gasteiger partial charge in [-0.15, -0.1) is 0 Å². The standard InChI is InChI=1S/C16H17N/c1-12-14-10-6-7-11-15(14)17(2)16(12)13-8-4-3-5-9-13/h3-4,6-8,10-11H,5,9H2,1-2H3. The van der Waals surface area contributed by atoms with Gasteiger partial charge >= 0.3 is 0 Å². The highest BCUT2D eigenvalue weighted by atomic mass is 14.9. The lowest BCUT2D eigenvalue weighted by Crippen LogP contribution is -1.98. The second-order valence-electron chi connectivity index (χ2n) is 4.71. The van der Waals surface area contributed by atoms with Crippen molar-refractivity contribution in [3.05, 3.63) is 53.8 Å². The highest BCUT2D eigenvalue weighted by Crippen LogP contribution is 2.32. The van der Waals surface area contributed by atoms with Crippen LogP contribution in [0.4, 0.5) is 0 Å². The molecule has 17 heavy (non-hydrogen) atoms. The third-order valence-corrected chi connectivity index (χ3v) is 3.68. The first-order valence-electron chi connectivity index (χ1n) is 6.19. The summed E-state index contributed by atoms with van der Waals surface area (Å²) in [6.45, 7) is 2.23. The SMILES string of the molecule is Cc1c(C2=CC=CCC2)n(C)c2ccccc12. The van der Waals surface area contributed by atoms with E-state index in [1.807, 2.05) is 0 Å². The van der Waals surface area contributed by atoms with Crippen molar-refractivity contribution in [1.29, 1.82) is 0 Å². The molecule has 0 unspecified atom stereocenters. The number of rotatable bonds is 1. The highest BCUT2D eigenvalue weighted by Gasteiger charge is 2.14. The molecule has 0 N–H and O–H groups in total. The van der Waals surface area contributed by atoms with Gasteiger partial charge in [0.25, 0.3) is 0 Å². The minimum Gasteiger partial charge on any atom is -0.344 e. The van der Waals surface area contributed by atoms with Crippen LogP contribution in [0.15, 0.2) is 42.5 Å². The maximum atomic E-state index is 2.33. The number of aromatic nitrogens is 1. The molecule has 0 aliphatic heterocycles. The molecular formula is C16H17N. The smallest absolute Gasteiger partial charge is 0.0485 e. The number of para-hydroxylation sites is 1. The summed E-state index contributed by atoms with van der Waals surface area (Å²) in [6, 6.07) is 8.65. The Labute approximate surface area is 102 Å². The van der Waals surface area contributed by atoms with E-state index in [0.29, 0.717) is 0 Å². The van der Waals surface area contributed by atoms with Crippen LogP contribution in [0.25, 0.3) is 16.5 Å². The van der Waals surface area contributed by atoms with Gasteiger partial charge in [0, 0.05) is 23.6 Å². The molecule has 1 heteroatoms. The molecule has 0 fully saturated rings. The largest absolute Gasteiger partial charge is 0.344 e. The Morgan fingerprint density at radius 2 is 2.00 bits per heavy atom. The summed E-state index contributed by atoms with van der Waals surface area (Å²) in [7, 11) is 2.17. The zero-order chi connectivity index (χ0) is 11.8. The van der Waals surface area contributed by atoms with Crippen LogP contribution in [-0.4, -0.2) is 4.57 Å². The second kappa shape index (κ2) is 3.92. The average Bonchev–Trinajstić information content (AvgIpc) is 2.64. The molecule has 0 spiro atoms. The Morgan fingerprint density at radius 3 is 2.71 bits per heavy atom. The lowest BCUT2D eigenvalue weighted by Gasteiger charge is -2.12. The molecule has 1 heterocycles. The van der Waals surface area contributed by atoms with Gasteiger partial charge in [-0.05, 0) is 37.0 Å². The van der Waals surface area contributed by atoms with E-state index in [0.717, 1.165) is 12.8 Å². The third-order valence-electron chi connectivity index (χ3n) is 3.68. The third kappa shape index (κ3) is 1.54. The van der Waals surface area contributed by atoms with E-state index >= 15 is 0 Å². The fourth-order valence-electron chi connectivity index (χ4n) is 2.84. The van der Waals surface area contributed by atoms with E-state index in [-0.39, 0.29) is 0 Å². The van der Waals surface area contributed by atoms with Crippen LogP contribution in [0, 0.1) is 6.92 Å². The van der Waals surface area contributed by atoms with Gasteiger partial charge in [0.15, 0.2) is 0 Å². The summed E-state index contributed by atoms with van der Waals surface area (Å²) in [5.41, 5.74) is 5.60. The summed E-state index contributed by atoms with van der Waals surface area (Å²) >= 11 is 0. The maximum Gasteiger partial charge on any atom is 0.0485 e. The molecule has 0 bridgehead atoms. The zero-order valence-corrected chi connectivity index (χ0v) is 10.4. The van der Waals surface area contributed by atoms with Gasteiger partial charge in [-0.1, -0.05) is 36.4 Å². The van der Waals surface area contributed by atoms with Crippen molar-refractivity contribution < 1.29 is 0 Å². The Kier molecular flexibility index (Phi) is 2.40. The van der Waals surface area contributed by atoms with Crippen molar-refractivity contribution >= 4 is 16.5 Å². The topological polar surface area (TPSA) is 4.93 Å². The Bertz CT molecular complexity index is 587. The number of allylic oxidation sites excluding steroid dienone is 4. The van der Waals surface area contributed by atoms with Crippen molar-refractivity contribution in [2.75, 3.05) is 0 Å². The molecule has 1 aliphatic rings. The lowest BCUT2D eigenvalue weighted by atomic mass is 9.99. The van der Waals surface area contributed by atoms with Crippen LogP contribution in [0.3, 0.4) is 0 Å². The van der Waals surface area contributed by atoms with E-state index in [1.165, 1.54) is 27.7 Å². The van der Waals surface area contributed by atoms with Crippen molar-refractivity contribution in [2.24, 2.45) is 7.05 Å². The van der Waals surface area contributed by atoms with Crippen LogP contribution in [0.5, 0.6) is 0 Å². The first-order valence-corrected chi connectivity index (χ1v) is 6.19. The first kappa shape index (κ1) is 10.4. The predicted molar refractivity (Wildman–Crippen MR) is 74.0 cm³/mol. The summed E-state index contributed by atoms with van der Waals surface area (Å²) in [4.78, 5) is 0. The van der Waals surface area contributed by atoms with Crippen LogP contribution in [-0.2, 0) is 7.05 Å². The van der Waals surface area contributed by atoms with E-state index in [2.05, 4.69) is 61.0 Å². The molecule has 1 aliphatic carbocycles. The normalized spacial score (nSPS) is 15.3. The van der Waals surface area contributed by atoms with Crippen molar-refractivity contribution in [2.45, 2.75) is 19.8 Å².